The van der Waals surface area contributed by atoms with Crippen LogP contribution in [-0.2, 0) is 11.3 Å². The molecule has 5 nitrogen and oxygen atoms in total. The molecule has 1 fully saturated rings. The molecular formula is C20H24ClN3O2. The first-order valence-electron chi connectivity index (χ1n) is 8.81. The maximum Gasteiger partial charge on any atom is 0.255 e. The van der Waals surface area contributed by atoms with Crippen LogP contribution in [0.15, 0.2) is 42.6 Å². The standard InChI is InChI=1S/C20H24ClN3O2/c1-23(2)17-8-5-15(6-9-17)13-24(14-18-4-3-11-26-18)20(25)16-7-10-19(21)22-12-16/h5-10,12,18H,3-4,11,13-14H2,1-2H3/t18-/m0/s1. The van der Waals surface area contributed by atoms with E-state index in [1.165, 1.54) is 6.20 Å². The molecule has 0 unspecified atom stereocenters. The SMILES string of the molecule is CN(C)c1ccc(CN(C[C@@H]2CCCO2)C(=O)c2ccc(Cl)nc2)cc1. The van der Waals surface area contributed by atoms with E-state index in [4.69, 9.17) is 16.3 Å². The Kier molecular flexibility index (Phi) is 6.12. The molecule has 1 aromatic carbocycles. The van der Waals surface area contributed by atoms with Crippen LogP contribution >= 0.6 is 11.6 Å². The number of pyridine rings is 1. The molecule has 0 N–H and O–H groups in total. The van der Waals surface area contributed by atoms with Crippen LogP contribution < -0.4 is 4.90 Å². The van der Waals surface area contributed by atoms with E-state index in [1.54, 1.807) is 12.1 Å². The smallest absolute Gasteiger partial charge is 0.255 e. The van der Waals surface area contributed by atoms with E-state index in [-0.39, 0.29) is 12.0 Å². The summed E-state index contributed by atoms with van der Waals surface area (Å²) in [4.78, 5) is 20.9. The molecule has 0 saturated carbocycles. The number of carbonyl (C=O) groups excluding carboxylic acids is 1. The number of hydrogen-bond acceptors (Lipinski definition) is 4. The van der Waals surface area contributed by atoms with Crippen LogP contribution in [0.1, 0.15) is 28.8 Å². The van der Waals surface area contributed by atoms with Gasteiger partial charge < -0.3 is 14.5 Å². The molecule has 1 atom stereocenters. The van der Waals surface area contributed by atoms with Crippen molar-refractivity contribution >= 4 is 23.2 Å². The van der Waals surface area contributed by atoms with Crippen LogP contribution in [0.25, 0.3) is 0 Å². The van der Waals surface area contributed by atoms with Gasteiger partial charge in [-0.1, -0.05) is 23.7 Å². The molecule has 3 rings (SSSR count). The molecule has 1 aliphatic rings. The molecule has 1 aromatic heterocycles. The van der Waals surface area contributed by atoms with Gasteiger partial charge in [-0.3, -0.25) is 4.79 Å². The van der Waals surface area contributed by atoms with Crippen molar-refractivity contribution in [3.05, 3.63) is 58.9 Å². The maximum absolute atomic E-state index is 13.0. The summed E-state index contributed by atoms with van der Waals surface area (Å²) in [6.45, 7) is 1.89. The molecule has 1 amide bonds. The summed E-state index contributed by atoms with van der Waals surface area (Å²) < 4.78 is 5.74. The summed E-state index contributed by atoms with van der Waals surface area (Å²) in [5.41, 5.74) is 2.76. The highest BCUT2D eigenvalue weighted by Crippen LogP contribution is 2.19. The molecule has 1 aliphatic heterocycles. The highest BCUT2D eigenvalue weighted by Gasteiger charge is 2.24. The molecule has 6 heteroatoms. The highest BCUT2D eigenvalue weighted by atomic mass is 35.5. The number of carbonyl (C=O) groups is 1. The van der Waals surface area contributed by atoms with Gasteiger partial charge in [-0.2, -0.15) is 0 Å². The third-order valence-corrected chi connectivity index (χ3v) is 4.76. The Hall–Kier alpha value is -2.11. The largest absolute Gasteiger partial charge is 0.378 e. The molecule has 2 heterocycles. The van der Waals surface area contributed by atoms with Gasteiger partial charge in [0.05, 0.1) is 11.7 Å². The van der Waals surface area contributed by atoms with Crippen molar-refractivity contribution in [2.75, 3.05) is 32.1 Å². The van der Waals surface area contributed by atoms with E-state index in [2.05, 4.69) is 34.1 Å². The van der Waals surface area contributed by atoms with Gasteiger partial charge in [-0.15, -0.1) is 0 Å². The van der Waals surface area contributed by atoms with E-state index >= 15 is 0 Å². The second kappa shape index (κ2) is 8.52. The van der Waals surface area contributed by atoms with Gasteiger partial charge in [0.2, 0.25) is 0 Å². The molecule has 0 bridgehead atoms. The Balaban J connectivity index is 1.77. The number of rotatable bonds is 6. The van der Waals surface area contributed by atoms with Gasteiger partial charge >= 0.3 is 0 Å². The Labute approximate surface area is 159 Å². The number of nitrogens with zero attached hydrogens (tertiary/aromatic N) is 3. The van der Waals surface area contributed by atoms with E-state index in [9.17, 15) is 4.79 Å². The molecule has 0 spiro atoms. The molecule has 26 heavy (non-hydrogen) atoms. The number of hydrogen-bond donors (Lipinski definition) is 0. The normalized spacial score (nSPS) is 16.5. The maximum atomic E-state index is 13.0. The molecule has 138 valence electrons. The van der Waals surface area contributed by atoms with E-state index in [0.29, 0.717) is 23.8 Å². The van der Waals surface area contributed by atoms with E-state index < -0.39 is 0 Å². The Morgan fingerprint density at radius 1 is 1.23 bits per heavy atom. The van der Waals surface area contributed by atoms with Crippen molar-refractivity contribution in [1.29, 1.82) is 0 Å². The summed E-state index contributed by atoms with van der Waals surface area (Å²) in [5.74, 6) is -0.0543. The fourth-order valence-corrected chi connectivity index (χ4v) is 3.17. The van der Waals surface area contributed by atoms with Gasteiger partial charge in [-0.25, -0.2) is 4.98 Å². The zero-order valence-electron chi connectivity index (χ0n) is 15.2. The Morgan fingerprint density at radius 3 is 2.58 bits per heavy atom. The van der Waals surface area contributed by atoms with Crippen molar-refractivity contribution in [1.82, 2.24) is 9.88 Å². The third kappa shape index (κ3) is 4.74. The van der Waals surface area contributed by atoms with Gasteiger partial charge in [-0.05, 0) is 42.7 Å². The fourth-order valence-electron chi connectivity index (χ4n) is 3.06. The molecule has 1 saturated heterocycles. The number of benzene rings is 1. The third-order valence-electron chi connectivity index (χ3n) is 4.54. The minimum atomic E-state index is -0.0543. The minimum absolute atomic E-state index is 0.0543. The quantitative estimate of drug-likeness (QED) is 0.725. The summed E-state index contributed by atoms with van der Waals surface area (Å²) in [6, 6.07) is 11.6. The molecule has 0 aliphatic carbocycles. The van der Waals surface area contributed by atoms with Gasteiger partial charge in [0.25, 0.3) is 5.91 Å². The summed E-state index contributed by atoms with van der Waals surface area (Å²) in [6.07, 6.45) is 3.66. The highest BCUT2D eigenvalue weighted by molar-refractivity contribution is 6.29. The zero-order chi connectivity index (χ0) is 18.5. The first-order valence-corrected chi connectivity index (χ1v) is 9.19. The predicted octanol–water partition coefficient (Wildman–Crippen LogP) is 3.62. The van der Waals surface area contributed by atoms with Crippen molar-refractivity contribution < 1.29 is 9.53 Å². The van der Waals surface area contributed by atoms with E-state index in [1.807, 2.05) is 19.0 Å². The van der Waals surface area contributed by atoms with Crippen molar-refractivity contribution in [2.45, 2.75) is 25.5 Å². The number of aromatic nitrogens is 1. The van der Waals surface area contributed by atoms with Crippen molar-refractivity contribution in [3.63, 3.8) is 0 Å². The number of amides is 1. The number of halogens is 1. The van der Waals surface area contributed by atoms with Gasteiger partial charge in [0.1, 0.15) is 5.15 Å². The lowest BCUT2D eigenvalue weighted by Gasteiger charge is -2.26. The summed E-state index contributed by atoms with van der Waals surface area (Å²) in [5, 5.41) is 0.381. The van der Waals surface area contributed by atoms with Crippen LogP contribution in [-0.4, -0.2) is 49.1 Å². The van der Waals surface area contributed by atoms with Gasteiger partial charge in [0, 0.05) is 45.7 Å². The molecular weight excluding hydrogens is 350 g/mol. The first-order chi connectivity index (χ1) is 12.5. The Bertz CT molecular complexity index is 726. The van der Waals surface area contributed by atoms with Crippen LogP contribution in [0.5, 0.6) is 0 Å². The molecule has 2 aromatic rings. The van der Waals surface area contributed by atoms with E-state index in [0.717, 1.165) is 30.7 Å². The minimum Gasteiger partial charge on any atom is -0.378 e. The molecule has 0 radical (unpaired) electrons. The van der Waals surface area contributed by atoms with Gasteiger partial charge in [0.15, 0.2) is 0 Å². The predicted molar refractivity (Wildman–Crippen MR) is 104 cm³/mol. The van der Waals surface area contributed by atoms with Crippen molar-refractivity contribution in [3.8, 4) is 0 Å². The van der Waals surface area contributed by atoms with Crippen LogP contribution in [0.3, 0.4) is 0 Å². The van der Waals surface area contributed by atoms with Crippen molar-refractivity contribution in [2.24, 2.45) is 0 Å². The number of ether oxygens (including phenoxy) is 1. The fraction of sp³-hybridized carbons (Fsp3) is 0.400. The average Bonchev–Trinajstić information content (AvgIpc) is 3.15. The van der Waals surface area contributed by atoms with Crippen LogP contribution in [0.4, 0.5) is 5.69 Å². The second-order valence-corrected chi connectivity index (χ2v) is 7.14. The zero-order valence-corrected chi connectivity index (χ0v) is 15.9. The second-order valence-electron chi connectivity index (χ2n) is 6.75. The lowest BCUT2D eigenvalue weighted by atomic mass is 10.1. The number of anilines is 1. The van der Waals surface area contributed by atoms with Crippen LogP contribution in [0, 0.1) is 0 Å². The summed E-state index contributed by atoms with van der Waals surface area (Å²) >= 11 is 5.84. The average molecular weight is 374 g/mol. The Morgan fingerprint density at radius 2 is 2.00 bits per heavy atom. The van der Waals surface area contributed by atoms with Crippen LogP contribution in [0.2, 0.25) is 5.15 Å². The summed E-state index contributed by atoms with van der Waals surface area (Å²) in [7, 11) is 4.02. The monoisotopic (exact) mass is 373 g/mol. The first kappa shape index (κ1) is 18.7. The lowest BCUT2D eigenvalue weighted by molar-refractivity contribution is 0.0507. The topological polar surface area (TPSA) is 45.7 Å². The lowest BCUT2D eigenvalue weighted by Crippen LogP contribution is -2.37.